The number of fused-ring (bicyclic) bond motifs is 1. The second kappa shape index (κ2) is 5.82. The standard InChI is InChI=1S/C17H23O4P/c1-13(18)21-17-12-6-5-9-15(17)10-11-16(22(17,19)20)14-7-3-2-4-8-14/h2-4,7-8,15-16H,5-6,9-12H2,1H3,(H,19,20). The van der Waals surface area contributed by atoms with Gasteiger partial charge in [-0.25, -0.2) is 0 Å². The van der Waals surface area contributed by atoms with Gasteiger partial charge in [-0.3, -0.25) is 9.36 Å². The molecule has 2 aliphatic rings. The maximum Gasteiger partial charge on any atom is 0.303 e. The fourth-order valence-corrected chi connectivity index (χ4v) is 7.40. The minimum absolute atomic E-state index is 0.0148. The van der Waals surface area contributed by atoms with Gasteiger partial charge in [0, 0.05) is 12.8 Å². The summed E-state index contributed by atoms with van der Waals surface area (Å²) in [5.74, 6) is -0.434. The van der Waals surface area contributed by atoms with E-state index >= 15 is 0 Å². The molecule has 0 amide bonds. The van der Waals surface area contributed by atoms with Crippen molar-refractivity contribution in [3.8, 4) is 0 Å². The number of carbonyl (C=O) groups is 1. The molecule has 2 fully saturated rings. The Morgan fingerprint density at radius 1 is 1.23 bits per heavy atom. The zero-order valence-electron chi connectivity index (χ0n) is 12.9. The Kier molecular flexibility index (Phi) is 4.17. The summed E-state index contributed by atoms with van der Waals surface area (Å²) >= 11 is 0. The lowest BCUT2D eigenvalue weighted by atomic mass is 9.81. The van der Waals surface area contributed by atoms with Crippen molar-refractivity contribution < 1.29 is 19.0 Å². The molecule has 1 aromatic rings. The topological polar surface area (TPSA) is 63.6 Å². The zero-order chi connectivity index (χ0) is 15.8. The third kappa shape index (κ3) is 2.43. The second-order valence-corrected chi connectivity index (χ2v) is 9.13. The van der Waals surface area contributed by atoms with E-state index in [1.807, 2.05) is 30.3 Å². The highest BCUT2D eigenvalue weighted by Gasteiger charge is 2.62. The molecule has 0 aromatic heterocycles. The minimum Gasteiger partial charge on any atom is -0.449 e. The Labute approximate surface area is 131 Å². The fraction of sp³-hybridized carbons (Fsp3) is 0.588. The van der Waals surface area contributed by atoms with Crippen LogP contribution in [0.15, 0.2) is 30.3 Å². The van der Waals surface area contributed by atoms with Gasteiger partial charge < -0.3 is 9.63 Å². The SMILES string of the molecule is CC(=O)OC12CCCCC1CCC(c1ccccc1)P2(=O)O. The van der Waals surface area contributed by atoms with Crippen LogP contribution < -0.4 is 0 Å². The summed E-state index contributed by atoms with van der Waals surface area (Å²) in [7, 11) is -3.68. The Morgan fingerprint density at radius 2 is 1.95 bits per heavy atom. The normalized spacial score (nSPS) is 38.1. The molecule has 1 aliphatic heterocycles. The Bertz CT molecular complexity index is 600. The van der Waals surface area contributed by atoms with Crippen molar-refractivity contribution in [1.29, 1.82) is 0 Å². The predicted molar refractivity (Wildman–Crippen MR) is 84.7 cm³/mol. The van der Waals surface area contributed by atoms with Gasteiger partial charge in [-0.1, -0.05) is 36.8 Å². The first-order chi connectivity index (χ1) is 10.5. The van der Waals surface area contributed by atoms with Crippen LogP contribution in [0.5, 0.6) is 0 Å². The van der Waals surface area contributed by atoms with E-state index in [4.69, 9.17) is 4.74 Å². The number of benzene rings is 1. The van der Waals surface area contributed by atoms with E-state index in [2.05, 4.69) is 0 Å². The highest BCUT2D eigenvalue weighted by atomic mass is 31.2. The van der Waals surface area contributed by atoms with Gasteiger partial charge in [0.15, 0.2) is 5.34 Å². The maximum atomic E-state index is 13.5. The van der Waals surface area contributed by atoms with Gasteiger partial charge >= 0.3 is 5.97 Å². The molecule has 0 spiro atoms. The van der Waals surface area contributed by atoms with E-state index in [9.17, 15) is 14.3 Å². The van der Waals surface area contributed by atoms with Gasteiger partial charge in [-0.15, -0.1) is 0 Å². The minimum atomic E-state index is -3.68. The number of esters is 1. The Balaban J connectivity index is 2.04. The van der Waals surface area contributed by atoms with Crippen LogP contribution in [0.2, 0.25) is 0 Å². The Morgan fingerprint density at radius 3 is 2.64 bits per heavy atom. The number of rotatable bonds is 2. The van der Waals surface area contributed by atoms with Gasteiger partial charge in [-0.05, 0) is 37.7 Å². The lowest BCUT2D eigenvalue weighted by Crippen LogP contribution is -2.47. The van der Waals surface area contributed by atoms with Crippen molar-refractivity contribution in [1.82, 2.24) is 0 Å². The van der Waals surface area contributed by atoms with Crippen LogP contribution >= 0.6 is 7.37 Å². The van der Waals surface area contributed by atoms with Crippen LogP contribution in [-0.4, -0.2) is 16.2 Å². The summed E-state index contributed by atoms with van der Waals surface area (Å²) in [5.41, 5.74) is 0.450. The third-order valence-corrected chi connectivity index (χ3v) is 8.40. The van der Waals surface area contributed by atoms with Crippen molar-refractivity contribution in [2.45, 2.75) is 56.4 Å². The van der Waals surface area contributed by atoms with Crippen LogP contribution in [-0.2, 0) is 14.1 Å². The van der Waals surface area contributed by atoms with E-state index in [1.54, 1.807) is 0 Å². The van der Waals surface area contributed by atoms with Gasteiger partial charge in [0.1, 0.15) is 0 Å². The van der Waals surface area contributed by atoms with Gasteiger partial charge in [0.2, 0.25) is 7.37 Å². The first-order valence-corrected chi connectivity index (χ1v) is 9.77. The fourth-order valence-electron chi connectivity index (χ4n) is 4.28. The van der Waals surface area contributed by atoms with E-state index in [0.717, 1.165) is 31.2 Å². The van der Waals surface area contributed by atoms with E-state index < -0.39 is 24.3 Å². The molecule has 1 aromatic carbocycles. The van der Waals surface area contributed by atoms with Crippen molar-refractivity contribution in [3.63, 3.8) is 0 Å². The maximum absolute atomic E-state index is 13.5. The molecule has 22 heavy (non-hydrogen) atoms. The molecule has 4 unspecified atom stereocenters. The molecule has 4 nitrogen and oxygen atoms in total. The van der Waals surface area contributed by atoms with Crippen LogP contribution in [0, 0.1) is 5.92 Å². The second-order valence-electron chi connectivity index (χ2n) is 6.51. The summed E-state index contributed by atoms with van der Waals surface area (Å²) in [6, 6.07) is 9.48. The molecule has 1 aliphatic carbocycles. The predicted octanol–water partition coefficient (Wildman–Crippen LogP) is 4.24. The van der Waals surface area contributed by atoms with Gasteiger partial charge in [-0.2, -0.15) is 0 Å². The molecule has 1 heterocycles. The lowest BCUT2D eigenvalue weighted by molar-refractivity contribution is -0.158. The van der Waals surface area contributed by atoms with Gasteiger partial charge in [0.05, 0.1) is 5.66 Å². The summed E-state index contributed by atoms with van der Waals surface area (Å²) in [4.78, 5) is 22.7. The van der Waals surface area contributed by atoms with Gasteiger partial charge in [0.25, 0.3) is 0 Å². The van der Waals surface area contributed by atoms with E-state index in [0.29, 0.717) is 12.8 Å². The summed E-state index contributed by atoms with van der Waals surface area (Å²) < 4.78 is 19.1. The molecule has 5 heteroatoms. The average Bonchev–Trinajstić information content (AvgIpc) is 2.48. The first kappa shape index (κ1) is 15.8. The third-order valence-electron chi connectivity index (χ3n) is 5.23. The Hall–Kier alpha value is -1.12. The van der Waals surface area contributed by atoms with Crippen molar-refractivity contribution in [2.75, 3.05) is 0 Å². The molecular weight excluding hydrogens is 299 g/mol. The number of ether oxygens (including phenoxy) is 1. The van der Waals surface area contributed by atoms with Crippen LogP contribution in [0.1, 0.15) is 56.7 Å². The molecule has 3 rings (SSSR count). The number of carbonyl (C=O) groups excluding carboxylic acids is 1. The number of hydrogen-bond donors (Lipinski definition) is 1. The average molecular weight is 322 g/mol. The smallest absolute Gasteiger partial charge is 0.303 e. The van der Waals surface area contributed by atoms with E-state index in [1.165, 1.54) is 6.92 Å². The van der Waals surface area contributed by atoms with Crippen molar-refractivity contribution >= 4 is 13.3 Å². The molecule has 1 saturated carbocycles. The monoisotopic (exact) mass is 322 g/mol. The van der Waals surface area contributed by atoms with Crippen molar-refractivity contribution in [2.24, 2.45) is 5.92 Å². The molecule has 1 saturated heterocycles. The van der Waals surface area contributed by atoms with Crippen LogP contribution in [0.3, 0.4) is 0 Å². The van der Waals surface area contributed by atoms with Crippen LogP contribution in [0.25, 0.3) is 0 Å². The summed E-state index contributed by atoms with van der Waals surface area (Å²) in [6.07, 6.45) is 4.80. The molecule has 0 bridgehead atoms. The summed E-state index contributed by atoms with van der Waals surface area (Å²) in [6.45, 7) is 1.34. The van der Waals surface area contributed by atoms with E-state index in [-0.39, 0.29) is 5.92 Å². The number of hydrogen-bond acceptors (Lipinski definition) is 3. The first-order valence-electron chi connectivity index (χ1n) is 8.04. The van der Waals surface area contributed by atoms with Crippen LogP contribution in [0.4, 0.5) is 0 Å². The highest BCUT2D eigenvalue weighted by molar-refractivity contribution is 7.60. The molecular formula is C17H23O4P. The highest BCUT2D eigenvalue weighted by Crippen LogP contribution is 2.75. The zero-order valence-corrected chi connectivity index (χ0v) is 13.8. The molecule has 4 atom stereocenters. The molecule has 1 N–H and O–H groups in total. The van der Waals surface area contributed by atoms with Crippen molar-refractivity contribution in [3.05, 3.63) is 35.9 Å². The molecule has 0 radical (unpaired) electrons. The summed E-state index contributed by atoms with van der Waals surface area (Å²) in [5, 5.41) is -1.17. The quantitative estimate of drug-likeness (QED) is 0.653. The lowest BCUT2D eigenvalue weighted by Gasteiger charge is -2.51. The molecule has 120 valence electrons. The largest absolute Gasteiger partial charge is 0.449 e.